The van der Waals surface area contributed by atoms with Gasteiger partial charge in [0.1, 0.15) is 6.10 Å². The molecule has 3 N–H and O–H groups in total. The van der Waals surface area contributed by atoms with Gasteiger partial charge in [-0.15, -0.1) is 0 Å². The third-order valence-corrected chi connectivity index (χ3v) is 4.74. The first-order valence-corrected chi connectivity index (χ1v) is 8.57. The van der Waals surface area contributed by atoms with Gasteiger partial charge < -0.3 is 15.4 Å². The first-order valence-electron chi connectivity index (χ1n) is 8.57. The number of nitrogens with zero attached hydrogens (tertiary/aromatic N) is 1. The maximum Gasteiger partial charge on any atom is 0.255 e. The van der Waals surface area contributed by atoms with Crippen LogP contribution in [-0.4, -0.2) is 36.2 Å². The second-order valence-corrected chi connectivity index (χ2v) is 6.28. The highest BCUT2D eigenvalue weighted by Gasteiger charge is 2.21. The molecule has 0 unspecified atom stereocenters. The zero-order chi connectivity index (χ0) is 16.4. The monoisotopic (exact) mass is 326 g/mol. The average Bonchev–Trinajstić information content (AvgIpc) is 2.86. The normalized spacial score (nSPS) is 19.9. The van der Waals surface area contributed by atoms with Crippen molar-refractivity contribution in [1.29, 1.82) is 0 Å². The van der Waals surface area contributed by atoms with Crippen molar-refractivity contribution in [3.63, 3.8) is 0 Å². The summed E-state index contributed by atoms with van der Waals surface area (Å²) in [6, 6.07) is 8.37. The molecule has 4 rings (SSSR count). The number of benzene rings is 1. The Labute approximate surface area is 140 Å². The van der Waals surface area contributed by atoms with Crippen LogP contribution in [0.1, 0.15) is 28.5 Å². The number of H-pyrrole nitrogens is 1. The smallest absolute Gasteiger partial charge is 0.255 e. The van der Waals surface area contributed by atoms with E-state index in [0.29, 0.717) is 12.5 Å². The van der Waals surface area contributed by atoms with E-state index in [9.17, 15) is 4.79 Å². The van der Waals surface area contributed by atoms with Gasteiger partial charge in [0.15, 0.2) is 0 Å². The second kappa shape index (κ2) is 6.75. The summed E-state index contributed by atoms with van der Waals surface area (Å²) in [5.74, 6) is 0.535. The quantitative estimate of drug-likeness (QED) is 0.789. The first kappa shape index (κ1) is 15.4. The number of ether oxygens (including phenoxy) is 1. The lowest BCUT2D eigenvalue weighted by Crippen LogP contribution is -2.25. The van der Waals surface area contributed by atoms with E-state index in [1.165, 1.54) is 11.1 Å². The van der Waals surface area contributed by atoms with Crippen LogP contribution in [0.2, 0.25) is 0 Å². The molecule has 2 aromatic rings. The van der Waals surface area contributed by atoms with Crippen LogP contribution in [-0.2, 0) is 24.0 Å². The van der Waals surface area contributed by atoms with Crippen molar-refractivity contribution in [2.45, 2.75) is 25.4 Å². The van der Waals surface area contributed by atoms with Crippen LogP contribution in [0.25, 0.3) is 0 Å². The Morgan fingerprint density at radius 2 is 2.08 bits per heavy atom. The van der Waals surface area contributed by atoms with Crippen molar-refractivity contribution >= 4 is 5.95 Å². The highest BCUT2D eigenvalue weighted by Crippen LogP contribution is 2.26. The molecule has 0 bridgehead atoms. The molecule has 0 radical (unpaired) electrons. The van der Waals surface area contributed by atoms with Crippen LogP contribution < -0.4 is 16.2 Å². The Balaban J connectivity index is 1.52. The lowest BCUT2D eigenvalue weighted by Gasteiger charge is -2.26. The summed E-state index contributed by atoms with van der Waals surface area (Å²) >= 11 is 0. The van der Waals surface area contributed by atoms with E-state index in [1.54, 1.807) is 0 Å². The van der Waals surface area contributed by atoms with Gasteiger partial charge in [0.05, 0.1) is 12.3 Å². The van der Waals surface area contributed by atoms with Gasteiger partial charge in [-0.25, -0.2) is 4.98 Å². The molecule has 1 aromatic carbocycles. The number of hydrogen-bond acceptors (Lipinski definition) is 5. The fourth-order valence-electron chi connectivity index (χ4n) is 3.47. The summed E-state index contributed by atoms with van der Waals surface area (Å²) < 4.78 is 5.90. The molecular weight excluding hydrogens is 304 g/mol. The van der Waals surface area contributed by atoms with E-state index >= 15 is 0 Å². The predicted molar refractivity (Wildman–Crippen MR) is 92.5 cm³/mol. The summed E-state index contributed by atoms with van der Waals surface area (Å²) in [4.78, 5) is 19.8. The molecule has 24 heavy (non-hydrogen) atoms. The van der Waals surface area contributed by atoms with Crippen LogP contribution in [0.3, 0.4) is 0 Å². The van der Waals surface area contributed by atoms with Gasteiger partial charge in [-0.1, -0.05) is 24.3 Å². The van der Waals surface area contributed by atoms with Crippen molar-refractivity contribution in [3.8, 4) is 0 Å². The molecule has 6 heteroatoms. The molecule has 0 saturated heterocycles. The van der Waals surface area contributed by atoms with Gasteiger partial charge in [0.25, 0.3) is 5.56 Å². The minimum atomic E-state index is -0.0313. The molecule has 126 valence electrons. The fraction of sp³-hybridized carbons (Fsp3) is 0.444. The number of aromatic amines is 1. The molecule has 0 fully saturated rings. The van der Waals surface area contributed by atoms with Gasteiger partial charge >= 0.3 is 0 Å². The number of rotatable bonds is 3. The van der Waals surface area contributed by atoms with E-state index in [4.69, 9.17) is 4.74 Å². The van der Waals surface area contributed by atoms with E-state index in [1.807, 2.05) is 6.07 Å². The Morgan fingerprint density at radius 3 is 3.04 bits per heavy atom. The van der Waals surface area contributed by atoms with E-state index in [0.717, 1.165) is 50.2 Å². The summed E-state index contributed by atoms with van der Waals surface area (Å²) in [6.45, 7) is 3.01. The van der Waals surface area contributed by atoms with E-state index in [2.05, 4.69) is 38.8 Å². The first-order chi connectivity index (χ1) is 11.8. The predicted octanol–water partition coefficient (Wildman–Crippen LogP) is 1.18. The Hall–Kier alpha value is -2.18. The number of fused-ring (bicyclic) bond motifs is 2. The third kappa shape index (κ3) is 3.07. The van der Waals surface area contributed by atoms with Crippen molar-refractivity contribution in [1.82, 2.24) is 15.3 Å². The van der Waals surface area contributed by atoms with Crippen molar-refractivity contribution < 1.29 is 4.74 Å². The molecule has 1 atom stereocenters. The Bertz CT molecular complexity index is 787. The van der Waals surface area contributed by atoms with Gasteiger partial charge in [-0.05, 0) is 30.5 Å². The van der Waals surface area contributed by atoms with Gasteiger partial charge in [0, 0.05) is 25.1 Å². The fourth-order valence-corrected chi connectivity index (χ4v) is 3.47. The Morgan fingerprint density at radius 1 is 1.21 bits per heavy atom. The Kier molecular flexibility index (Phi) is 4.32. The minimum absolute atomic E-state index is 0.0132. The summed E-state index contributed by atoms with van der Waals surface area (Å²) in [5.41, 5.74) is 4.24. The van der Waals surface area contributed by atoms with Crippen LogP contribution >= 0.6 is 0 Å². The van der Waals surface area contributed by atoms with Gasteiger partial charge in [-0.3, -0.25) is 9.78 Å². The molecular formula is C18H22N4O2. The topological polar surface area (TPSA) is 79.0 Å². The van der Waals surface area contributed by atoms with Crippen molar-refractivity contribution in [2.75, 3.05) is 31.6 Å². The zero-order valence-corrected chi connectivity index (χ0v) is 13.6. The lowest BCUT2D eigenvalue weighted by atomic mass is 9.98. The average molecular weight is 326 g/mol. The van der Waals surface area contributed by atoms with Gasteiger partial charge in [-0.2, -0.15) is 0 Å². The van der Waals surface area contributed by atoms with Crippen LogP contribution in [0.5, 0.6) is 0 Å². The molecule has 0 spiro atoms. The van der Waals surface area contributed by atoms with Crippen LogP contribution in [0.15, 0.2) is 29.1 Å². The molecule has 2 aliphatic heterocycles. The molecule has 1 aromatic heterocycles. The summed E-state index contributed by atoms with van der Waals surface area (Å²) in [7, 11) is 0. The van der Waals surface area contributed by atoms with Crippen LogP contribution in [0.4, 0.5) is 5.95 Å². The van der Waals surface area contributed by atoms with Crippen LogP contribution in [0, 0.1) is 0 Å². The van der Waals surface area contributed by atoms with Gasteiger partial charge in [0.2, 0.25) is 5.95 Å². The largest absolute Gasteiger partial charge is 0.371 e. The maximum atomic E-state index is 12.3. The highest BCUT2D eigenvalue weighted by atomic mass is 16.5. The molecule has 6 nitrogen and oxygen atoms in total. The molecule has 0 amide bonds. The standard InChI is InChI=1S/C18H22N4O2/c23-17-14-5-8-19-9-6-15(14)21-18(22-17)20-11-16-13-4-2-1-3-12(13)7-10-24-16/h1-4,16,19H,5-11H2,(H2,20,21,22,23)/t16-/m1/s1. The van der Waals surface area contributed by atoms with E-state index in [-0.39, 0.29) is 11.7 Å². The minimum Gasteiger partial charge on any atom is -0.371 e. The SMILES string of the molecule is O=c1[nH]c(NC[C@H]2OCCc3ccccc32)nc2c1CCNCC2. The number of anilines is 1. The lowest BCUT2D eigenvalue weighted by molar-refractivity contribution is 0.0512. The molecule has 0 saturated carbocycles. The highest BCUT2D eigenvalue weighted by molar-refractivity contribution is 5.35. The van der Waals surface area contributed by atoms with Crippen molar-refractivity contribution in [2.24, 2.45) is 0 Å². The summed E-state index contributed by atoms with van der Waals surface area (Å²) in [5, 5.41) is 6.56. The molecule has 2 aliphatic rings. The molecule has 0 aliphatic carbocycles. The zero-order valence-electron chi connectivity index (χ0n) is 13.6. The number of aromatic nitrogens is 2. The molecule has 3 heterocycles. The maximum absolute atomic E-state index is 12.3. The summed E-state index contributed by atoms with van der Waals surface area (Å²) in [6.07, 6.45) is 2.46. The van der Waals surface area contributed by atoms with Crippen molar-refractivity contribution in [3.05, 3.63) is 57.0 Å². The number of nitrogens with one attached hydrogen (secondary N) is 3. The third-order valence-electron chi connectivity index (χ3n) is 4.74. The number of hydrogen-bond donors (Lipinski definition) is 3. The van der Waals surface area contributed by atoms with E-state index < -0.39 is 0 Å². The second-order valence-electron chi connectivity index (χ2n) is 6.28.